The van der Waals surface area contributed by atoms with Crippen molar-refractivity contribution in [3.8, 4) is 5.75 Å². The molecular formula is C14H18N2O2. The molecule has 0 aliphatic carbocycles. The molecule has 96 valence electrons. The normalized spacial score (nSPS) is 10.8. The minimum absolute atomic E-state index is 0.637. The molecule has 2 aromatic rings. The standard InChI is InChI=1S/C14H18N2O2/c1-16(10-12-5-7-17-11-12)6-8-18-14-4-2-3-13(15)9-14/h2-5,7,9,11H,6,8,10,15H2,1H3. The molecule has 0 amide bonds. The highest BCUT2D eigenvalue weighted by molar-refractivity contribution is 5.43. The van der Waals surface area contributed by atoms with Gasteiger partial charge in [0.2, 0.25) is 0 Å². The van der Waals surface area contributed by atoms with Crippen molar-refractivity contribution in [2.75, 3.05) is 25.9 Å². The fraction of sp³-hybridized carbons (Fsp3) is 0.286. The topological polar surface area (TPSA) is 51.6 Å². The van der Waals surface area contributed by atoms with Crippen molar-refractivity contribution in [1.82, 2.24) is 4.90 Å². The van der Waals surface area contributed by atoms with Crippen LogP contribution >= 0.6 is 0 Å². The van der Waals surface area contributed by atoms with Gasteiger partial charge in [-0.1, -0.05) is 6.07 Å². The van der Waals surface area contributed by atoms with E-state index >= 15 is 0 Å². The first-order valence-corrected chi connectivity index (χ1v) is 5.92. The maximum atomic E-state index is 5.68. The summed E-state index contributed by atoms with van der Waals surface area (Å²) in [6, 6.07) is 9.44. The van der Waals surface area contributed by atoms with Gasteiger partial charge in [-0.2, -0.15) is 0 Å². The van der Waals surface area contributed by atoms with E-state index < -0.39 is 0 Å². The molecule has 18 heavy (non-hydrogen) atoms. The Morgan fingerprint density at radius 3 is 2.94 bits per heavy atom. The van der Waals surface area contributed by atoms with E-state index in [0.717, 1.165) is 24.5 Å². The third kappa shape index (κ3) is 3.82. The van der Waals surface area contributed by atoms with E-state index in [9.17, 15) is 0 Å². The fourth-order valence-electron chi connectivity index (χ4n) is 1.70. The zero-order chi connectivity index (χ0) is 12.8. The van der Waals surface area contributed by atoms with Crippen LogP contribution in [0.4, 0.5) is 5.69 Å². The molecule has 0 aliphatic heterocycles. The van der Waals surface area contributed by atoms with E-state index in [4.69, 9.17) is 14.9 Å². The highest BCUT2D eigenvalue weighted by atomic mass is 16.5. The number of anilines is 1. The maximum Gasteiger partial charge on any atom is 0.121 e. The largest absolute Gasteiger partial charge is 0.492 e. The summed E-state index contributed by atoms with van der Waals surface area (Å²) in [6.45, 7) is 2.34. The van der Waals surface area contributed by atoms with Crippen LogP contribution in [0.25, 0.3) is 0 Å². The lowest BCUT2D eigenvalue weighted by atomic mass is 10.3. The molecule has 0 radical (unpaired) electrons. The summed E-state index contributed by atoms with van der Waals surface area (Å²) in [5.74, 6) is 0.812. The minimum Gasteiger partial charge on any atom is -0.492 e. The molecule has 4 nitrogen and oxygen atoms in total. The first-order valence-electron chi connectivity index (χ1n) is 5.92. The van der Waals surface area contributed by atoms with Crippen LogP contribution in [0.2, 0.25) is 0 Å². The van der Waals surface area contributed by atoms with Crippen molar-refractivity contribution in [2.45, 2.75) is 6.54 Å². The van der Waals surface area contributed by atoms with Crippen LogP contribution in [0.5, 0.6) is 5.75 Å². The molecule has 0 atom stereocenters. The van der Waals surface area contributed by atoms with E-state index in [1.54, 1.807) is 12.5 Å². The average molecular weight is 246 g/mol. The van der Waals surface area contributed by atoms with Crippen molar-refractivity contribution >= 4 is 5.69 Å². The van der Waals surface area contributed by atoms with Crippen LogP contribution in [-0.2, 0) is 6.54 Å². The summed E-state index contributed by atoms with van der Waals surface area (Å²) in [7, 11) is 2.05. The molecule has 4 heteroatoms. The Morgan fingerprint density at radius 2 is 2.22 bits per heavy atom. The molecule has 0 spiro atoms. The second-order valence-corrected chi connectivity index (χ2v) is 4.29. The zero-order valence-corrected chi connectivity index (χ0v) is 10.5. The first-order chi connectivity index (χ1) is 8.74. The highest BCUT2D eigenvalue weighted by Gasteiger charge is 2.02. The number of hydrogen-bond acceptors (Lipinski definition) is 4. The SMILES string of the molecule is CN(CCOc1cccc(N)c1)Cc1ccoc1. The van der Waals surface area contributed by atoms with Gasteiger partial charge in [-0.3, -0.25) is 4.90 Å². The molecule has 2 rings (SSSR count). The van der Waals surface area contributed by atoms with Gasteiger partial charge in [-0.15, -0.1) is 0 Å². The van der Waals surface area contributed by atoms with Crippen molar-refractivity contribution in [3.05, 3.63) is 48.4 Å². The van der Waals surface area contributed by atoms with Crippen LogP contribution in [0.1, 0.15) is 5.56 Å². The molecule has 0 saturated carbocycles. The Bertz CT molecular complexity index is 468. The Balaban J connectivity index is 1.72. The molecule has 0 bridgehead atoms. The van der Waals surface area contributed by atoms with Gasteiger partial charge < -0.3 is 14.9 Å². The smallest absolute Gasteiger partial charge is 0.121 e. The summed E-state index contributed by atoms with van der Waals surface area (Å²) in [6.07, 6.45) is 3.45. The van der Waals surface area contributed by atoms with Gasteiger partial charge in [0.15, 0.2) is 0 Å². The third-order valence-corrected chi connectivity index (χ3v) is 2.63. The quantitative estimate of drug-likeness (QED) is 0.795. The van der Waals surface area contributed by atoms with Gasteiger partial charge in [-0.25, -0.2) is 0 Å². The van der Waals surface area contributed by atoms with E-state index in [0.29, 0.717) is 6.61 Å². The van der Waals surface area contributed by atoms with E-state index in [2.05, 4.69) is 11.9 Å². The predicted octanol–water partition coefficient (Wildman–Crippen LogP) is 2.37. The predicted molar refractivity (Wildman–Crippen MR) is 71.4 cm³/mol. The number of likely N-dealkylation sites (N-methyl/N-ethyl adjacent to an activating group) is 1. The molecule has 1 aromatic carbocycles. The number of benzene rings is 1. The summed E-state index contributed by atoms with van der Waals surface area (Å²) >= 11 is 0. The lowest BCUT2D eigenvalue weighted by Gasteiger charge is -2.16. The molecule has 0 fully saturated rings. The second kappa shape index (κ2) is 6.12. The average Bonchev–Trinajstić information content (AvgIpc) is 2.82. The number of nitrogens with zero attached hydrogens (tertiary/aromatic N) is 1. The summed E-state index contributed by atoms with van der Waals surface area (Å²) in [4.78, 5) is 2.18. The molecular weight excluding hydrogens is 228 g/mol. The van der Waals surface area contributed by atoms with Crippen LogP contribution in [-0.4, -0.2) is 25.1 Å². The van der Waals surface area contributed by atoms with Gasteiger partial charge in [0, 0.05) is 30.4 Å². The van der Waals surface area contributed by atoms with E-state index in [-0.39, 0.29) is 0 Å². The molecule has 2 N–H and O–H groups in total. The number of hydrogen-bond donors (Lipinski definition) is 1. The number of ether oxygens (including phenoxy) is 1. The van der Waals surface area contributed by atoms with Crippen LogP contribution in [0, 0.1) is 0 Å². The van der Waals surface area contributed by atoms with Crippen molar-refractivity contribution in [1.29, 1.82) is 0 Å². The molecule has 0 aliphatic rings. The monoisotopic (exact) mass is 246 g/mol. The fourth-order valence-corrected chi connectivity index (χ4v) is 1.70. The van der Waals surface area contributed by atoms with E-state index in [1.807, 2.05) is 30.3 Å². The van der Waals surface area contributed by atoms with Gasteiger partial charge in [0.25, 0.3) is 0 Å². The lowest BCUT2D eigenvalue weighted by Crippen LogP contribution is -2.23. The van der Waals surface area contributed by atoms with Crippen LogP contribution in [0.15, 0.2) is 47.3 Å². The molecule has 0 unspecified atom stereocenters. The Hall–Kier alpha value is -1.94. The Labute approximate surface area is 107 Å². The molecule has 1 aromatic heterocycles. The molecule has 1 heterocycles. The lowest BCUT2D eigenvalue weighted by molar-refractivity contribution is 0.232. The number of nitrogens with two attached hydrogens (primary N) is 1. The highest BCUT2D eigenvalue weighted by Crippen LogP contribution is 2.14. The van der Waals surface area contributed by atoms with Crippen molar-refractivity contribution in [2.24, 2.45) is 0 Å². The minimum atomic E-state index is 0.637. The van der Waals surface area contributed by atoms with E-state index in [1.165, 1.54) is 5.56 Å². The van der Waals surface area contributed by atoms with Crippen molar-refractivity contribution in [3.63, 3.8) is 0 Å². The molecule has 0 saturated heterocycles. The van der Waals surface area contributed by atoms with Crippen LogP contribution in [0.3, 0.4) is 0 Å². The van der Waals surface area contributed by atoms with Crippen LogP contribution < -0.4 is 10.5 Å². The number of nitrogen functional groups attached to an aromatic ring is 1. The van der Waals surface area contributed by atoms with Gasteiger partial charge in [-0.05, 0) is 25.2 Å². The van der Waals surface area contributed by atoms with Gasteiger partial charge in [0.1, 0.15) is 12.4 Å². The van der Waals surface area contributed by atoms with Gasteiger partial charge in [0.05, 0.1) is 12.5 Å². The Kier molecular flexibility index (Phi) is 4.25. The number of furan rings is 1. The summed E-state index contributed by atoms with van der Waals surface area (Å²) < 4.78 is 10.7. The number of rotatable bonds is 6. The van der Waals surface area contributed by atoms with Gasteiger partial charge >= 0.3 is 0 Å². The maximum absolute atomic E-state index is 5.68. The summed E-state index contributed by atoms with van der Waals surface area (Å²) in [5.41, 5.74) is 7.57. The zero-order valence-electron chi connectivity index (χ0n) is 10.5. The second-order valence-electron chi connectivity index (χ2n) is 4.29. The first kappa shape index (κ1) is 12.5. The van der Waals surface area contributed by atoms with Crippen molar-refractivity contribution < 1.29 is 9.15 Å². The summed E-state index contributed by atoms with van der Waals surface area (Å²) in [5, 5.41) is 0. The Morgan fingerprint density at radius 1 is 1.33 bits per heavy atom. The third-order valence-electron chi connectivity index (χ3n) is 2.63.